The summed E-state index contributed by atoms with van der Waals surface area (Å²) in [4.78, 5) is 23.4. The van der Waals surface area contributed by atoms with E-state index in [1.807, 2.05) is 0 Å². The van der Waals surface area contributed by atoms with Crippen molar-refractivity contribution in [3.63, 3.8) is 0 Å². The van der Waals surface area contributed by atoms with Crippen molar-refractivity contribution in [2.75, 3.05) is 17.5 Å². The second-order valence-electron chi connectivity index (χ2n) is 7.16. The molecular formula is C18H26N2O5S. The van der Waals surface area contributed by atoms with Crippen LogP contribution in [0.3, 0.4) is 0 Å². The molecule has 0 spiro atoms. The standard InChI is InChI=1S/C18H26N2O5S/c1-26(24,25)20-15-7-5-14(6-8-15)11-16(21)19-13-18(12-17(22)23)9-3-2-4-10-18/h5-8,20H,2-4,9-13H2,1H3,(H,19,21)(H,22,23). The van der Waals surface area contributed by atoms with Crippen LogP contribution in [0.25, 0.3) is 0 Å². The molecule has 26 heavy (non-hydrogen) atoms. The van der Waals surface area contributed by atoms with E-state index < -0.39 is 16.0 Å². The molecule has 1 amide bonds. The molecule has 144 valence electrons. The highest BCUT2D eigenvalue weighted by Crippen LogP contribution is 2.38. The van der Waals surface area contributed by atoms with Gasteiger partial charge >= 0.3 is 5.97 Å². The smallest absolute Gasteiger partial charge is 0.303 e. The van der Waals surface area contributed by atoms with Crippen LogP contribution in [0.1, 0.15) is 44.1 Å². The first kappa shape index (κ1) is 20.2. The number of hydrogen-bond acceptors (Lipinski definition) is 4. The van der Waals surface area contributed by atoms with Crippen LogP contribution in [0.4, 0.5) is 5.69 Å². The van der Waals surface area contributed by atoms with E-state index in [4.69, 9.17) is 0 Å². The Morgan fingerprint density at radius 1 is 1.12 bits per heavy atom. The molecule has 1 saturated carbocycles. The summed E-state index contributed by atoms with van der Waals surface area (Å²) < 4.78 is 24.7. The number of amides is 1. The molecular weight excluding hydrogens is 356 g/mol. The minimum Gasteiger partial charge on any atom is -0.481 e. The van der Waals surface area contributed by atoms with Gasteiger partial charge in [-0.25, -0.2) is 8.42 Å². The van der Waals surface area contributed by atoms with E-state index in [2.05, 4.69) is 10.0 Å². The highest BCUT2D eigenvalue weighted by atomic mass is 32.2. The Kier molecular flexibility index (Phi) is 6.63. The van der Waals surface area contributed by atoms with Crippen molar-refractivity contribution in [2.45, 2.75) is 44.9 Å². The average Bonchev–Trinajstić information content (AvgIpc) is 2.54. The van der Waals surface area contributed by atoms with Crippen LogP contribution in [0.15, 0.2) is 24.3 Å². The lowest BCUT2D eigenvalue weighted by molar-refractivity contribution is -0.140. The van der Waals surface area contributed by atoms with Gasteiger partial charge in [-0.05, 0) is 36.0 Å². The maximum absolute atomic E-state index is 12.2. The van der Waals surface area contributed by atoms with Gasteiger partial charge in [0.15, 0.2) is 0 Å². The largest absolute Gasteiger partial charge is 0.481 e. The average molecular weight is 382 g/mol. The molecule has 2 rings (SSSR count). The van der Waals surface area contributed by atoms with Crippen LogP contribution >= 0.6 is 0 Å². The van der Waals surface area contributed by atoms with Gasteiger partial charge in [0, 0.05) is 12.2 Å². The predicted molar refractivity (Wildman–Crippen MR) is 99.4 cm³/mol. The summed E-state index contributed by atoms with van der Waals surface area (Å²) >= 11 is 0. The van der Waals surface area contributed by atoms with Crippen LogP contribution in [-0.4, -0.2) is 38.2 Å². The first-order valence-electron chi connectivity index (χ1n) is 8.73. The lowest BCUT2D eigenvalue weighted by atomic mass is 9.71. The Labute approximate surface area is 154 Å². The molecule has 0 saturated heterocycles. The Hall–Kier alpha value is -2.09. The zero-order valence-electron chi connectivity index (χ0n) is 15.0. The highest BCUT2D eigenvalue weighted by molar-refractivity contribution is 7.92. The second kappa shape index (κ2) is 8.53. The number of carboxylic acid groups (broad SMARTS) is 1. The molecule has 1 aromatic rings. The lowest BCUT2D eigenvalue weighted by Crippen LogP contribution is -2.41. The fourth-order valence-electron chi connectivity index (χ4n) is 3.48. The number of anilines is 1. The van der Waals surface area contributed by atoms with Crippen molar-refractivity contribution in [1.29, 1.82) is 0 Å². The number of nitrogens with one attached hydrogen (secondary N) is 2. The summed E-state index contributed by atoms with van der Waals surface area (Å²) in [6.45, 7) is 0.381. The van der Waals surface area contributed by atoms with E-state index in [1.54, 1.807) is 24.3 Å². The van der Waals surface area contributed by atoms with Crippen LogP contribution in [0, 0.1) is 5.41 Å². The number of benzene rings is 1. The van der Waals surface area contributed by atoms with Gasteiger partial charge in [0.2, 0.25) is 15.9 Å². The SMILES string of the molecule is CS(=O)(=O)Nc1ccc(CC(=O)NCC2(CC(=O)O)CCCCC2)cc1. The summed E-state index contributed by atoms with van der Waals surface area (Å²) in [5.74, 6) is -0.987. The molecule has 8 heteroatoms. The van der Waals surface area contributed by atoms with Gasteiger partial charge in [0.1, 0.15) is 0 Å². The number of carbonyl (C=O) groups excluding carboxylic acids is 1. The second-order valence-corrected chi connectivity index (χ2v) is 8.90. The number of carboxylic acids is 1. The molecule has 0 atom stereocenters. The number of carbonyl (C=O) groups is 2. The van der Waals surface area contributed by atoms with E-state index in [1.165, 1.54) is 0 Å². The van der Waals surface area contributed by atoms with Gasteiger partial charge in [-0.3, -0.25) is 14.3 Å². The van der Waals surface area contributed by atoms with Crippen molar-refractivity contribution in [3.8, 4) is 0 Å². The minimum absolute atomic E-state index is 0.0825. The maximum atomic E-state index is 12.2. The number of hydrogen-bond donors (Lipinski definition) is 3. The zero-order chi connectivity index (χ0) is 19.2. The molecule has 1 aliphatic rings. The molecule has 1 aromatic carbocycles. The fourth-order valence-corrected chi connectivity index (χ4v) is 4.04. The first-order chi connectivity index (χ1) is 12.2. The molecule has 0 radical (unpaired) electrons. The quantitative estimate of drug-likeness (QED) is 0.638. The maximum Gasteiger partial charge on any atom is 0.303 e. The van der Waals surface area contributed by atoms with Gasteiger partial charge in [0.05, 0.1) is 19.1 Å². The third-order valence-electron chi connectivity index (χ3n) is 4.72. The van der Waals surface area contributed by atoms with Crippen LogP contribution in [0.2, 0.25) is 0 Å². The number of sulfonamides is 1. The van der Waals surface area contributed by atoms with Gasteiger partial charge in [-0.1, -0.05) is 31.4 Å². The molecule has 0 unspecified atom stereocenters. The van der Waals surface area contributed by atoms with Crippen molar-refractivity contribution < 1.29 is 23.1 Å². The molecule has 0 aromatic heterocycles. The Bertz CT molecular complexity index is 737. The van der Waals surface area contributed by atoms with Gasteiger partial charge in [0.25, 0.3) is 0 Å². The van der Waals surface area contributed by atoms with E-state index in [-0.39, 0.29) is 24.2 Å². The molecule has 0 heterocycles. The van der Waals surface area contributed by atoms with E-state index in [0.717, 1.165) is 43.9 Å². The van der Waals surface area contributed by atoms with E-state index in [0.29, 0.717) is 12.2 Å². The van der Waals surface area contributed by atoms with Crippen molar-refractivity contribution >= 4 is 27.6 Å². The van der Waals surface area contributed by atoms with Crippen LogP contribution in [-0.2, 0) is 26.0 Å². The summed E-state index contributed by atoms with van der Waals surface area (Å²) in [6.07, 6.45) is 6.09. The van der Waals surface area contributed by atoms with Gasteiger partial charge in [-0.15, -0.1) is 0 Å². The molecule has 0 aliphatic heterocycles. The number of rotatable bonds is 8. The molecule has 3 N–H and O–H groups in total. The van der Waals surface area contributed by atoms with Crippen LogP contribution in [0.5, 0.6) is 0 Å². The molecule has 1 fully saturated rings. The van der Waals surface area contributed by atoms with Crippen LogP contribution < -0.4 is 10.0 Å². The Morgan fingerprint density at radius 2 is 1.73 bits per heavy atom. The topological polar surface area (TPSA) is 113 Å². The van der Waals surface area contributed by atoms with E-state index >= 15 is 0 Å². The van der Waals surface area contributed by atoms with Crippen molar-refractivity contribution in [3.05, 3.63) is 29.8 Å². The summed E-state index contributed by atoms with van der Waals surface area (Å²) in [7, 11) is -3.33. The third-order valence-corrected chi connectivity index (χ3v) is 5.33. The Morgan fingerprint density at radius 3 is 2.27 bits per heavy atom. The first-order valence-corrected chi connectivity index (χ1v) is 10.6. The minimum atomic E-state index is -3.33. The monoisotopic (exact) mass is 382 g/mol. The number of aliphatic carboxylic acids is 1. The normalized spacial score (nSPS) is 16.7. The molecule has 0 bridgehead atoms. The highest BCUT2D eigenvalue weighted by Gasteiger charge is 2.34. The summed E-state index contributed by atoms with van der Waals surface area (Å²) in [6, 6.07) is 6.61. The molecule has 1 aliphatic carbocycles. The lowest BCUT2D eigenvalue weighted by Gasteiger charge is -2.36. The van der Waals surface area contributed by atoms with Gasteiger partial charge < -0.3 is 10.4 Å². The van der Waals surface area contributed by atoms with Gasteiger partial charge in [-0.2, -0.15) is 0 Å². The predicted octanol–water partition coefficient (Wildman–Crippen LogP) is 2.14. The fraction of sp³-hybridized carbons (Fsp3) is 0.556. The van der Waals surface area contributed by atoms with Crippen molar-refractivity contribution in [1.82, 2.24) is 5.32 Å². The zero-order valence-corrected chi connectivity index (χ0v) is 15.8. The summed E-state index contributed by atoms with van der Waals surface area (Å²) in [5.41, 5.74) is 0.861. The van der Waals surface area contributed by atoms with Crippen molar-refractivity contribution in [2.24, 2.45) is 5.41 Å². The van der Waals surface area contributed by atoms with E-state index in [9.17, 15) is 23.1 Å². The Balaban J connectivity index is 1.90. The molecule has 7 nitrogen and oxygen atoms in total. The summed E-state index contributed by atoms with van der Waals surface area (Å²) in [5, 5.41) is 12.1. The third kappa shape index (κ3) is 6.67.